The largest absolute Gasteiger partial charge is 0.495 e. The van der Waals surface area contributed by atoms with E-state index in [9.17, 15) is 22.8 Å². The molecule has 6 nitrogen and oxygen atoms in total. The summed E-state index contributed by atoms with van der Waals surface area (Å²) in [7, 11) is 1.29. The van der Waals surface area contributed by atoms with Gasteiger partial charge in [-0.25, -0.2) is 18.2 Å². The fraction of sp³-hybridized carbons (Fsp3) is 0.357. The Balaban J connectivity index is 2.13. The number of likely N-dealkylation sites (tertiary alicyclic amines) is 1. The lowest BCUT2D eigenvalue weighted by atomic mass is 10.2. The Kier molecular flexibility index (Phi) is 4.57. The second-order valence-corrected chi connectivity index (χ2v) is 4.92. The summed E-state index contributed by atoms with van der Waals surface area (Å²) in [4.78, 5) is 27.8. The number of hydrogen-bond acceptors (Lipinski definition) is 4. The first-order valence-corrected chi connectivity index (χ1v) is 6.58. The van der Waals surface area contributed by atoms with Gasteiger partial charge in [-0.05, 0) is 6.08 Å². The number of alkyl halides is 2. The lowest BCUT2D eigenvalue weighted by Crippen LogP contribution is -2.47. The van der Waals surface area contributed by atoms with Gasteiger partial charge in [0.2, 0.25) is 5.91 Å². The van der Waals surface area contributed by atoms with Crippen molar-refractivity contribution in [1.29, 1.82) is 0 Å². The highest BCUT2D eigenvalue weighted by atomic mass is 19.3. The van der Waals surface area contributed by atoms with Crippen LogP contribution in [0.4, 0.5) is 13.2 Å². The summed E-state index contributed by atoms with van der Waals surface area (Å²) >= 11 is 0. The Morgan fingerprint density at radius 3 is 2.83 bits per heavy atom. The van der Waals surface area contributed by atoms with Gasteiger partial charge >= 0.3 is 0 Å². The first kappa shape index (κ1) is 16.8. The molecule has 1 unspecified atom stereocenters. The van der Waals surface area contributed by atoms with Crippen LogP contribution in [-0.2, 0) is 4.79 Å². The van der Waals surface area contributed by atoms with Crippen molar-refractivity contribution < 1.29 is 27.5 Å². The van der Waals surface area contributed by atoms with Crippen LogP contribution >= 0.6 is 0 Å². The zero-order valence-electron chi connectivity index (χ0n) is 12.2. The zero-order chi connectivity index (χ0) is 17.2. The average molecular weight is 329 g/mol. The topological polar surface area (TPSA) is 71.5 Å². The minimum absolute atomic E-state index is 0.0907. The molecule has 0 aromatic carbocycles. The Hall–Kier alpha value is -2.58. The number of nitrogens with zero attached hydrogens (tertiary/aromatic N) is 2. The first-order chi connectivity index (χ1) is 10.8. The maximum atomic E-state index is 13.9. The summed E-state index contributed by atoms with van der Waals surface area (Å²) in [6.45, 7) is 1.97. The summed E-state index contributed by atoms with van der Waals surface area (Å²) in [6.07, 6.45) is 2.00. The van der Waals surface area contributed by atoms with Gasteiger partial charge in [-0.1, -0.05) is 6.58 Å². The van der Waals surface area contributed by atoms with Crippen molar-refractivity contribution in [1.82, 2.24) is 15.2 Å². The van der Waals surface area contributed by atoms with Crippen LogP contribution in [-0.4, -0.2) is 53.9 Å². The van der Waals surface area contributed by atoms with Crippen molar-refractivity contribution in [2.45, 2.75) is 12.0 Å². The summed E-state index contributed by atoms with van der Waals surface area (Å²) in [5.74, 6) is -6.01. The molecule has 1 fully saturated rings. The number of pyridine rings is 1. The Morgan fingerprint density at radius 1 is 1.57 bits per heavy atom. The quantitative estimate of drug-likeness (QED) is 0.837. The Morgan fingerprint density at radius 2 is 2.26 bits per heavy atom. The third kappa shape index (κ3) is 3.43. The summed E-state index contributed by atoms with van der Waals surface area (Å²) < 4.78 is 46.2. The molecule has 0 bridgehead atoms. The smallest absolute Gasteiger partial charge is 0.286 e. The van der Waals surface area contributed by atoms with Crippen molar-refractivity contribution in [3.05, 3.63) is 36.4 Å². The molecular weight excluding hydrogens is 315 g/mol. The molecule has 2 rings (SSSR count). The Labute approximate surface area is 129 Å². The standard InChI is InChI=1S/C14H14F3N3O3/c1-3-11(21)20-6-10(14(16,17)7-20)19-13(22)12-9(15)4-8(23-2)5-18-12/h3-5,10H,1,6-7H2,2H3,(H,19,22). The van der Waals surface area contributed by atoms with E-state index in [1.807, 2.05) is 5.32 Å². The highest BCUT2D eigenvalue weighted by molar-refractivity contribution is 5.93. The van der Waals surface area contributed by atoms with Crippen LogP contribution in [0.5, 0.6) is 5.75 Å². The van der Waals surface area contributed by atoms with Crippen LogP contribution in [0.15, 0.2) is 24.9 Å². The maximum Gasteiger partial charge on any atom is 0.286 e. The maximum absolute atomic E-state index is 13.9. The van der Waals surface area contributed by atoms with E-state index in [1.165, 1.54) is 7.11 Å². The van der Waals surface area contributed by atoms with Gasteiger partial charge < -0.3 is 15.0 Å². The molecule has 9 heteroatoms. The molecular formula is C14H14F3N3O3. The summed E-state index contributed by atoms with van der Waals surface area (Å²) in [5.41, 5.74) is -0.630. The Bertz CT molecular complexity index is 651. The minimum Gasteiger partial charge on any atom is -0.495 e. The van der Waals surface area contributed by atoms with Gasteiger partial charge in [0.05, 0.1) is 19.9 Å². The number of carbonyl (C=O) groups excluding carboxylic acids is 2. The average Bonchev–Trinajstić information content (AvgIpc) is 2.81. The molecule has 1 aromatic heterocycles. The van der Waals surface area contributed by atoms with E-state index in [4.69, 9.17) is 4.74 Å². The molecule has 124 valence electrons. The van der Waals surface area contributed by atoms with E-state index < -0.39 is 48.4 Å². The lowest BCUT2D eigenvalue weighted by Gasteiger charge is -2.18. The molecule has 1 aliphatic heterocycles. The molecule has 1 N–H and O–H groups in total. The monoisotopic (exact) mass is 329 g/mol. The van der Waals surface area contributed by atoms with Crippen molar-refractivity contribution in [2.24, 2.45) is 0 Å². The number of carbonyl (C=O) groups is 2. The lowest BCUT2D eigenvalue weighted by molar-refractivity contribution is -0.126. The third-order valence-electron chi connectivity index (χ3n) is 3.37. The second-order valence-electron chi connectivity index (χ2n) is 4.92. The summed E-state index contributed by atoms with van der Waals surface area (Å²) in [5, 5.41) is 2.01. The van der Waals surface area contributed by atoms with Crippen LogP contribution in [0, 0.1) is 5.82 Å². The number of nitrogens with one attached hydrogen (secondary N) is 1. The molecule has 1 atom stereocenters. The van der Waals surface area contributed by atoms with Gasteiger partial charge in [-0.15, -0.1) is 0 Å². The summed E-state index contributed by atoms with van der Waals surface area (Å²) in [6, 6.07) is -0.718. The molecule has 0 spiro atoms. The first-order valence-electron chi connectivity index (χ1n) is 6.58. The van der Waals surface area contributed by atoms with E-state index in [0.29, 0.717) is 0 Å². The van der Waals surface area contributed by atoms with Crippen LogP contribution < -0.4 is 10.1 Å². The van der Waals surface area contributed by atoms with Crippen molar-refractivity contribution >= 4 is 11.8 Å². The van der Waals surface area contributed by atoms with Crippen LogP contribution in [0.1, 0.15) is 10.5 Å². The molecule has 1 aliphatic rings. The predicted molar refractivity (Wildman–Crippen MR) is 73.7 cm³/mol. The van der Waals surface area contributed by atoms with Gasteiger partial charge in [0.25, 0.3) is 11.8 Å². The molecule has 23 heavy (non-hydrogen) atoms. The predicted octanol–water partition coefficient (Wildman–Crippen LogP) is 0.991. The van der Waals surface area contributed by atoms with E-state index in [-0.39, 0.29) is 5.75 Å². The fourth-order valence-electron chi connectivity index (χ4n) is 2.16. The van der Waals surface area contributed by atoms with Gasteiger partial charge in [0.15, 0.2) is 11.5 Å². The number of hydrogen-bond donors (Lipinski definition) is 1. The third-order valence-corrected chi connectivity index (χ3v) is 3.37. The second kappa shape index (κ2) is 6.27. The molecule has 0 saturated carbocycles. The van der Waals surface area contributed by atoms with Crippen molar-refractivity contribution in [3.8, 4) is 5.75 Å². The van der Waals surface area contributed by atoms with Crippen molar-refractivity contribution in [3.63, 3.8) is 0 Å². The zero-order valence-corrected chi connectivity index (χ0v) is 12.2. The van der Waals surface area contributed by atoms with Crippen LogP contribution in [0.2, 0.25) is 0 Å². The molecule has 1 saturated heterocycles. The van der Waals surface area contributed by atoms with Crippen LogP contribution in [0.3, 0.4) is 0 Å². The number of halogens is 3. The van der Waals surface area contributed by atoms with E-state index in [1.54, 1.807) is 0 Å². The SMILES string of the molecule is C=CC(=O)N1CC(NC(=O)c2ncc(OC)cc2F)C(F)(F)C1. The number of amides is 2. The van der Waals surface area contributed by atoms with E-state index >= 15 is 0 Å². The van der Waals surface area contributed by atoms with E-state index in [2.05, 4.69) is 11.6 Å². The molecule has 0 aliphatic carbocycles. The van der Waals surface area contributed by atoms with Crippen molar-refractivity contribution in [2.75, 3.05) is 20.2 Å². The van der Waals surface area contributed by atoms with Crippen LogP contribution in [0.25, 0.3) is 0 Å². The highest BCUT2D eigenvalue weighted by Crippen LogP contribution is 2.28. The fourth-order valence-corrected chi connectivity index (χ4v) is 2.16. The highest BCUT2D eigenvalue weighted by Gasteiger charge is 2.50. The van der Waals surface area contributed by atoms with Gasteiger partial charge in [-0.2, -0.15) is 0 Å². The molecule has 0 radical (unpaired) electrons. The molecule has 1 aromatic rings. The molecule has 2 heterocycles. The van der Waals surface area contributed by atoms with Gasteiger partial charge in [-0.3, -0.25) is 9.59 Å². The number of methoxy groups -OCH3 is 1. The minimum atomic E-state index is -3.34. The van der Waals surface area contributed by atoms with Gasteiger partial charge in [0.1, 0.15) is 11.8 Å². The van der Waals surface area contributed by atoms with E-state index in [0.717, 1.165) is 23.2 Å². The number of aromatic nitrogens is 1. The molecule has 2 amide bonds. The number of rotatable bonds is 4. The van der Waals surface area contributed by atoms with Gasteiger partial charge in [0, 0.05) is 12.6 Å². The number of ether oxygens (including phenoxy) is 1. The normalized spacial score (nSPS) is 19.3.